The highest BCUT2D eigenvalue weighted by atomic mass is 16.1. The molecule has 0 aliphatic carbocycles. The zero-order chi connectivity index (χ0) is 13.0. The van der Waals surface area contributed by atoms with Crippen LogP contribution in [-0.4, -0.2) is 16.3 Å². The van der Waals surface area contributed by atoms with Crippen LogP contribution in [0.4, 0.5) is 17.3 Å². The predicted octanol–water partition coefficient (Wildman–Crippen LogP) is 2.18. The van der Waals surface area contributed by atoms with E-state index in [0.717, 1.165) is 12.1 Å². The summed E-state index contributed by atoms with van der Waals surface area (Å²) < 4.78 is 0. The third-order valence-corrected chi connectivity index (χ3v) is 2.66. The number of nitrogens with one attached hydrogen (secondary N) is 1. The molecule has 3 N–H and O–H groups in total. The van der Waals surface area contributed by atoms with Crippen LogP contribution in [0.3, 0.4) is 0 Å². The summed E-state index contributed by atoms with van der Waals surface area (Å²) in [5, 5.41) is 3.05. The van der Waals surface area contributed by atoms with Gasteiger partial charge in [0.15, 0.2) is 6.29 Å². The molecule has 1 aromatic heterocycles. The van der Waals surface area contributed by atoms with Gasteiger partial charge in [-0.05, 0) is 24.1 Å². The second-order valence-electron chi connectivity index (χ2n) is 3.81. The van der Waals surface area contributed by atoms with Crippen molar-refractivity contribution in [3.8, 4) is 0 Å². The van der Waals surface area contributed by atoms with Crippen molar-refractivity contribution in [1.29, 1.82) is 0 Å². The molecule has 5 heteroatoms. The van der Waals surface area contributed by atoms with Crippen LogP contribution in [0.5, 0.6) is 0 Å². The van der Waals surface area contributed by atoms with Gasteiger partial charge in [0.2, 0.25) is 0 Å². The van der Waals surface area contributed by atoms with Gasteiger partial charge < -0.3 is 11.1 Å². The first-order valence-corrected chi connectivity index (χ1v) is 5.66. The molecule has 2 aromatic rings. The molecular weight excluding hydrogens is 228 g/mol. The van der Waals surface area contributed by atoms with Crippen LogP contribution in [0.15, 0.2) is 30.6 Å². The highest BCUT2D eigenvalue weighted by Gasteiger charge is 2.08. The molecule has 0 saturated heterocycles. The molecule has 0 unspecified atom stereocenters. The zero-order valence-corrected chi connectivity index (χ0v) is 10.1. The molecule has 0 bridgehead atoms. The molecule has 0 radical (unpaired) electrons. The SMILES string of the molecule is CCc1ccc(Nc2ncnc(N)c2C=O)cc1. The van der Waals surface area contributed by atoms with E-state index in [-0.39, 0.29) is 11.4 Å². The Labute approximate surface area is 105 Å². The minimum absolute atomic E-state index is 0.174. The molecule has 92 valence electrons. The van der Waals surface area contributed by atoms with Gasteiger partial charge in [-0.25, -0.2) is 9.97 Å². The summed E-state index contributed by atoms with van der Waals surface area (Å²) in [6.07, 6.45) is 2.96. The highest BCUT2D eigenvalue weighted by Crippen LogP contribution is 2.20. The van der Waals surface area contributed by atoms with Gasteiger partial charge in [0.1, 0.15) is 18.0 Å². The minimum Gasteiger partial charge on any atom is -0.383 e. The summed E-state index contributed by atoms with van der Waals surface area (Å²) in [5.41, 5.74) is 7.99. The third-order valence-electron chi connectivity index (χ3n) is 2.66. The average molecular weight is 242 g/mol. The first kappa shape index (κ1) is 12.0. The molecule has 18 heavy (non-hydrogen) atoms. The maximum Gasteiger partial charge on any atom is 0.157 e. The van der Waals surface area contributed by atoms with E-state index < -0.39 is 0 Å². The quantitative estimate of drug-likeness (QED) is 0.803. The number of anilines is 3. The Morgan fingerprint density at radius 1 is 1.28 bits per heavy atom. The van der Waals surface area contributed by atoms with E-state index in [1.54, 1.807) is 0 Å². The van der Waals surface area contributed by atoms with Gasteiger partial charge in [-0.1, -0.05) is 19.1 Å². The number of hydrogen-bond acceptors (Lipinski definition) is 5. The van der Waals surface area contributed by atoms with E-state index in [0.29, 0.717) is 12.1 Å². The predicted molar refractivity (Wildman–Crippen MR) is 70.9 cm³/mol. The smallest absolute Gasteiger partial charge is 0.157 e. The van der Waals surface area contributed by atoms with Gasteiger partial charge in [0.25, 0.3) is 0 Å². The van der Waals surface area contributed by atoms with Crippen molar-refractivity contribution in [3.63, 3.8) is 0 Å². The van der Waals surface area contributed by atoms with E-state index in [1.165, 1.54) is 11.9 Å². The number of aryl methyl sites for hydroxylation is 1. The van der Waals surface area contributed by atoms with Crippen molar-refractivity contribution in [2.75, 3.05) is 11.1 Å². The molecule has 2 rings (SSSR count). The van der Waals surface area contributed by atoms with E-state index in [9.17, 15) is 4.79 Å². The van der Waals surface area contributed by atoms with Crippen molar-refractivity contribution >= 4 is 23.6 Å². The van der Waals surface area contributed by atoms with E-state index >= 15 is 0 Å². The standard InChI is InChI=1S/C13H14N4O/c1-2-9-3-5-10(6-4-9)17-13-11(7-18)12(14)15-8-16-13/h3-8H,2H2,1H3,(H3,14,15,16,17). The number of aromatic nitrogens is 2. The van der Waals surface area contributed by atoms with Crippen molar-refractivity contribution in [1.82, 2.24) is 9.97 Å². The number of benzene rings is 1. The Balaban J connectivity index is 2.28. The zero-order valence-electron chi connectivity index (χ0n) is 10.1. The normalized spacial score (nSPS) is 10.1. The van der Waals surface area contributed by atoms with Crippen molar-refractivity contribution in [2.24, 2.45) is 0 Å². The van der Waals surface area contributed by atoms with Gasteiger partial charge in [0, 0.05) is 5.69 Å². The first-order chi connectivity index (χ1) is 8.74. The summed E-state index contributed by atoms with van der Waals surface area (Å²) >= 11 is 0. The summed E-state index contributed by atoms with van der Waals surface area (Å²) in [5.74, 6) is 0.592. The molecule has 0 fully saturated rings. The lowest BCUT2D eigenvalue weighted by atomic mass is 10.1. The van der Waals surface area contributed by atoms with E-state index in [4.69, 9.17) is 5.73 Å². The van der Waals surface area contributed by atoms with Crippen molar-refractivity contribution in [2.45, 2.75) is 13.3 Å². The molecule has 0 aliphatic heterocycles. The minimum atomic E-state index is 0.174. The summed E-state index contributed by atoms with van der Waals surface area (Å²) in [6.45, 7) is 2.10. The fourth-order valence-corrected chi connectivity index (χ4v) is 1.59. The van der Waals surface area contributed by atoms with Crippen LogP contribution in [0.1, 0.15) is 22.8 Å². The molecule has 0 spiro atoms. The van der Waals surface area contributed by atoms with Crippen LogP contribution in [-0.2, 0) is 6.42 Å². The number of carbonyl (C=O) groups is 1. The number of nitrogen functional groups attached to an aromatic ring is 1. The Morgan fingerprint density at radius 2 is 2.00 bits per heavy atom. The summed E-state index contributed by atoms with van der Waals surface area (Å²) in [4.78, 5) is 18.7. The molecule has 0 saturated carbocycles. The van der Waals surface area contributed by atoms with Crippen LogP contribution >= 0.6 is 0 Å². The van der Waals surface area contributed by atoms with Crippen LogP contribution < -0.4 is 11.1 Å². The topological polar surface area (TPSA) is 80.9 Å². The molecule has 1 aromatic carbocycles. The maximum absolute atomic E-state index is 10.9. The van der Waals surface area contributed by atoms with Crippen molar-refractivity contribution in [3.05, 3.63) is 41.7 Å². The van der Waals surface area contributed by atoms with Gasteiger partial charge in [-0.2, -0.15) is 0 Å². The average Bonchev–Trinajstić information content (AvgIpc) is 2.40. The first-order valence-electron chi connectivity index (χ1n) is 5.66. The van der Waals surface area contributed by atoms with Gasteiger partial charge >= 0.3 is 0 Å². The van der Waals surface area contributed by atoms with Crippen LogP contribution in [0.25, 0.3) is 0 Å². The molecule has 1 heterocycles. The summed E-state index contributed by atoms with van der Waals surface area (Å²) in [7, 11) is 0. The monoisotopic (exact) mass is 242 g/mol. The number of hydrogen-bond donors (Lipinski definition) is 2. The molecule has 0 amide bonds. The number of aldehydes is 1. The Bertz CT molecular complexity index is 551. The second kappa shape index (κ2) is 5.27. The Hall–Kier alpha value is -2.43. The lowest BCUT2D eigenvalue weighted by Gasteiger charge is -2.09. The number of rotatable bonds is 4. The third kappa shape index (κ3) is 2.45. The fraction of sp³-hybridized carbons (Fsp3) is 0.154. The number of carbonyl (C=O) groups excluding carboxylic acids is 1. The van der Waals surface area contributed by atoms with Crippen LogP contribution in [0, 0.1) is 0 Å². The van der Waals surface area contributed by atoms with E-state index in [1.807, 2.05) is 24.3 Å². The van der Waals surface area contributed by atoms with Crippen molar-refractivity contribution < 1.29 is 4.79 Å². The maximum atomic E-state index is 10.9. The number of nitrogens with zero attached hydrogens (tertiary/aromatic N) is 2. The lowest BCUT2D eigenvalue weighted by Crippen LogP contribution is -2.04. The summed E-state index contributed by atoms with van der Waals surface area (Å²) in [6, 6.07) is 7.92. The van der Waals surface area contributed by atoms with Gasteiger partial charge in [-0.3, -0.25) is 4.79 Å². The largest absolute Gasteiger partial charge is 0.383 e. The Kier molecular flexibility index (Phi) is 3.52. The highest BCUT2D eigenvalue weighted by molar-refractivity contribution is 5.89. The molecular formula is C13H14N4O. The van der Waals surface area contributed by atoms with E-state index in [2.05, 4.69) is 22.2 Å². The lowest BCUT2D eigenvalue weighted by molar-refractivity contribution is 0.112. The van der Waals surface area contributed by atoms with Gasteiger partial charge in [-0.15, -0.1) is 0 Å². The number of nitrogens with two attached hydrogens (primary N) is 1. The molecule has 0 aliphatic rings. The Morgan fingerprint density at radius 3 is 2.61 bits per heavy atom. The van der Waals surface area contributed by atoms with Crippen LogP contribution in [0.2, 0.25) is 0 Å². The molecule has 0 atom stereocenters. The van der Waals surface area contributed by atoms with Gasteiger partial charge in [0.05, 0.1) is 5.56 Å². The molecule has 5 nitrogen and oxygen atoms in total. The second-order valence-corrected chi connectivity index (χ2v) is 3.81. The fourth-order valence-electron chi connectivity index (χ4n) is 1.59.